The molecule has 3 heteroatoms. The molecule has 0 saturated carbocycles. The molecule has 0 heterocycles. The van der Waals surface area contributed by atoms with Crippen molar-refractivity contribution in [2.24, 2.45) is 5.92 Å². The molecule has 2 nitrogen and oxygen atoms in total. The van der Waals surface area contributed by atoms with Crippen molar-refractivity contribution in [2.45, 2.75) is 39.0 Å². The monoisotopic (exact) mass is 252 g/mol. The van der Waals surface area contributed by atoms with Crippen molar-refractivity contribution in [1.29, 1.82) is 0 Å². The molecule has 1 unspecified atom stereocenters. The van der Waals surface area contributed by atoms with Crippen LogP contribution in [0, 0.1) is 11.7 Å². The van der Waals surface area contributed by atoms with E-state index in [1.807, 2.05) is 0 Å². The van der Waals surface area contributed by atoms with Gasteiger partial charge in [0.05, 0.1) is 6.61 Å². The number of hydrogen-bond acceptors (Lipinski definition) is 2. The lowest BCUT2D eigenvalue weighted by Crippen LogP contribution is -2.08. The summed E-state index contributed by atoms with van der Waals surface area (Å²) in [6, 6.07) is 6.09. The third kappa shape index (κ3) is 6.38. The Morgan fingerprint density at radius 3 is 2.61 bits per heavy atom. The zero-order valence-corrected chi connectivity index (χ0v) is 10.9. The highest BCUT2D eigenvalue weighted by atomic mass is 19.1. The molecule has 1 rings (SSSR count). The van der Waals surface area contributed by atoms with Gasteiger partial charge >= 0.3 is 0 Å². The summed E-state index contributed by atoms with van der Waals surface area (Å²) in [6.07, 6.45) is 5.94. The molecule has 18 heavy (non-hydrogen) atoms. The van der Waals surface area contributed by atoms with Crippen molar-refractivity contribution in [3.8, 4) is 5.75 Å². The first-order chi connectivity index (χ1) is 8.72. The van der Waals surface area contributed by atoms with Gasteiger partial charge in [0, 0.05) is 6.42 Å². The predicted molar refractivity (Wildman–Crippen MR) is 70.2 cm³/mol. The summed E-state index contributed by atoms with van der Waals surface area (Å²) in [5, 5.41) is 0. The standard InChI is InChI=1S/C15H21FO2/c1-13(6-4-2-3-5-11-17)12-18-15-9-7-14(16)8-10-15/h7-11,13H,2-6,12H2,1H3. The van der Waals surface area contributed by atoms with Gasteiger partial charge < -0.3 is 9.53 Å². The van der Waals surface area contributed by atoms with E-state index in [4.69, 9.17) is 4.74 Å². The summed E-state index contributed by atoms with van der Waals surface area (Å²) >= 11 is 0. The van der Waals surface area contributed by atoms with Crippen LogP contribution in [0.5, 0.6) is 5.75 Å². The minimum atomic E-state index is -0.245. The van der Waals surface area contributed by atoms with Gasteiger partial charge in [0.1, 0.15) is 17.9 Å². The van der Waals surface area contributed by atoms with Crippen molar-refractivity contribution < 1.29 is 13.9 Å². The fraction of sp³-hybridized carbons (Fsp3) is 0.533. The van der Waals surface area contributed by atoms with Crippen molar-refractivity contribution in [3.05, 3.63) is 30.1 Å². The first-order valence-corrected chi connectivity index (χ1v) is 6.54. The Bertz CT molecular complexity index is 335. The van der Waals surface area contributed by atoms with Crippen molar-refractivity contribution >= 4 is 6.29 Å². The summed E-state index contributed by atoms with van der Waals surface area (Å²) in [4.78, 5) is 10.1. The normalized spacial score (nSPS) is 12.1. The SMILES string of the molecule is CC(CCCCCC=O)COc1ccc(F)cc1. The Labute approximate surface area is 108 Å². The molecule has 100 valence electrons. The Morgan fingerprint density at radius 2 is 1.94 bits per heavy atom. The van der Waals surface area contributed by atoms with E-state index in [1.54, 1.807) is 12.1 Å². The fourth-order valence-electron chi connectivity index (χ4n) is 1.75. The number of aldehydes is 1. The number of benzene rings is 1. The van der Waals surface area contributed by atoms with Crippen LogP contribution in [-0.4, -0.2) is 12.9 Å². The minimum Gasteiger partial charge on any atom is -0.493 e. The van der Waals surface area contributed by atoms with Crippen LogP contribution in [0.25, 0.3) is 0 Å². The van der Waals surface area contributed by atoms with Gasteiger partial charge in [-0.2, -0.15) is 0 Å². The molecular weight excluding hydrogens is 231 g/mol. The molecule has 0 saturated heterocycles. The van der Waals surface area contributed by atoms with E-state index in [1.165, 1.54) is 12.1 Å². The van der Waals surface area contributed by atoms with E-state index in [-0.39, 0.29) is 5.82 Å². The first kappa shape index (κ1) is 14.7. The maximum Gasteiger partial charge on any atom is 0.123 e. The zero-order chi connectivity index (χ0) is 13.2. The second-order valence-electron chi connectivity index (χ2n) is 4.67. The molecule has 0 spiro atoms. The smallest absolute Gasteiger partial charge is 0.123 e. The zero-order valence-electron chi connectivity index (χ0n) is 10.9. The summed E-state index contributed by atoms with van der Waals surface area (Å²) in [5.41, 5.74) is 0. The van der Waals surface area contributed by atoms with Gasteiger partial charge in [0.25, 0.3) is 0 Å². The second-order valence-corrected chi connectivity index (χ2v) is 4.67. The van der Waals surface area contributed by atoms with Crippen LogP contribution in [0.2, 0.25) is 0 Å². The largest absolute Gasteiger partial charge is 0.493 e. The molecular formula is C15H21FO2. The van der Waals surface area contributed by atoms with E-state index in [0.29, 0.717) is 24.7 Å². The van der Waals surface area contributed by atoms with Crippen LogP contribution in [0.15, 0.2) is 24.3 Å². The molecule has 0 N–H and O–H groups in total. The lowest BCUT2D eigenvalue weighted by atomic mass is 10.0. The summed E-state index contributed by atoms with van der Waals surface area (Å²) < 4.78 is 18.3. The summed E-state index contributed by atoms with van der Waals surface area (Å²) in [6.45, 7) is 2.79. The minimum absolute atomic E-state index is 0.245. The highest BCUT2D eigenvalue weighted by Crippen LogP contribution is 2.15. The number of unbranched alkanes of at least 4 members (excludes halogenated alkanes) is 3. The van der Waals surface area contributed by atoms with Gasteiger partial charge in [-0.15, -0.1) is 0 Å². The number of carbonyl (C=O) groups is 1. The maximum atomic E-state index is 12.7. The van der Waals surface area contributed by atoms with Crippen molar-refractivity contribution in [2.75, 3.05) is 6.61 Å². The first-order valence-electron chi connectivity index (χ1n) is 6.54. The molecule has 0 aliphatic heterocycles. The predicted octanol–water partition coefficient (Wildman–Crippen LogP) is 3.99. The molecule has 0 fully saturated rings. The van der Waals surface area contributed by atoms with Crippen LogP contribution in [-0.2, 0) is 4.79 Å². The molecule has 1 atom stereocenters. The van der Waals surface area contributed by atoms with Crippen molar-refractivity contribution in [1.82, 2.24) is 0 Å². The maximum absolute atomic E-state index is 12.7. The fourth-order valence-corrected chi connectivity index (χ4v) is 1.75. The molecule has 0 bridgehead atoms. The lowest BCUT2D eigenvalue weighted by molar-refractivity contribution is -0.107. The van der Waals surface area contributed by atoms with Gasteiger partial charge in [-0.25, -0.2) is 4.39 Å². The third-order valence-corrected chi connectivity index (χ3v) is 2.87. The van der Waals surface area contributed by atoms with E-state index in [2.05, 4.69) is 6.92 Å². The number of carbonyl (C=O) groups excluding carboxylic acids is 1. The molecule has 0 amide bonds. The molecule has 1 aromatic carbocycles. The Hall–Kier alpha value is -1.38. The highest BCUT2D eigenvalue weighted by molar-refractivity contribution is 5.48. The number of halogens is 1. The average Bonchev–Trinajstić information content (AvgIpc) is 2.38. The lowest BCUT2D eigenvalue weighted by Gasteiger charge is -2.12. The number of ether oxygens (including phenoxy) is 1. The van der Waals surface area contributed by atoms with Gasteiger partial charge in [0.15, 0.2) is 0 Å². The number of hydrogen-bond donors (Lipinski definition) is 0. The van der Waals surface area contributed by atoms with Gasteiger partial charge in [0.2, 0.25) is 0 Å². The highest BCUT2D eigenvalue weighted by Gasteiger charge is 2.03. The van der Waals surface area contributed by atoms with E-state index in [0.717, 1.165) is 32.0 Å². The Balaban J connectivity index is 2.11. The second kappa shape index (κ2) is 8.67. The Morgan fingerprint density at radius 1 is 1.22 bits per heavy atom. The molecule has 1 aromatic rings. The third-order valence-electron chi connectivity index (χ3n) is 2.87. The van der Waals surface area contributed by atoms with Crippen LogP contribution in [0.3, 0.4) is 0 Å². The number of rotatable bonds is 9. The van der Waals surface area contributed by atoms with E-state index in [9.17, 15) is 9.18 Å². The van der Waals surface area contributed by atoms with Crippen LogP contribution in [0.4, 0.5) is 4.39 Å². The quantitative estimate of drug-likeness (QED) is 0.490. The summed E-state index contributed by atoms with van der Waals surface area (Å²) in [7, 11) is 0. The van der Waals surface area contributed by atoms with Crippen molar-refractivity contribution in [3.63, 3.8) is 0 Å². The van der Waals surface area contributed by atoms with Crippen LogP contribution < -0.4 is 4.74 Å². The topological polar surface area (TPSA) is 26.3 Å². The average molecular weight is 252 g/mol. The van der Waals surface area contributed by atoms with E-state index >= 15 is 0 Å². The van der Waals surface area contributed by atoms with Crippen LogP contribution >= 0.6 is 0 Å². The molecule has 0 aliphatic rings. The molecule has 0 aliphatic carbocycles. The van der Waals surface area contributed by atoms with Gasteiger partial charge in [-0.05, 0) is 43.0 Å². The van der Waals surface area contributed by atoms with Gasteiger partial charge in [-0.3, -0.25) is 0 Å². The summed E-state index contributed by atoms with van der Waals surface area (Å²) in [5.74, 6) is 0.945. The van der Waals surface area contributed by atoms with E-state index < -0.39 is 0 Å². The molecule has 0 radical (unpaired) electrons. The van der Waals surface area contributed by atoms with Crippen LogP contribution in [0.1, 0.15) is 39.0 Å². The Kier molecular flexibility index (Phi) is 7.07. The van der Waals surface area contributed by atoms with Gasteiger partial charge in [-0.1, -0.05) is 19.8 Å². The molecule has 0 aromatic heterocycles.